The minimum Gasteiger partial charge on any atom is -0.481 e. The first-order valence-electron chi connectivity index (χ1n) is 7.19. The molecule has 0 radical (unpaired) electrons. The molecular formula is C16H21NO4. The summed E-state index contributed by atoms with van der Waals surface area (Å²) in [5.41, 5.74) is 1.67. The molecule has 1 aromatic carbocycles. The summed E-state index contributed by atoms with van der Waals surface area (Å²) >= 11 is 0. The second-order valence-electron chi connectivity index (χ2n) is 5.49. The van der Waals surface area contributed by atoms with Crippen LogP contribution >= 0.6 is 0 Å². The lowest BCUT2D eigenvalue weighted by Crippen LogP contribution is -2.40. The van der Waals surface area contributed by atoms with E-state index in [0.29, 0.717) is 25.3 Å². The Kier molecular flexibility index (Phi) is 5.33. The van der Waals surface area contributed by atoms with Crippen LogP contribution in [0.25, 0.3) is 0 Å². The molecule has 1 aliphatic rings. The number of hydrogen-bond acceptors (Lipinski definition) is 3. The van der Waals surface area contributed by atoms with E-state index in [1.54, 1.807) is 24.1 Å². The number of rotatable bonds is 5. The largest absolute Gasteiger partial charge is 0.481 e. The highest BCUT2D eigenvalue weighted by Gasteiger charge is 2.25. The van der Waals surface area contributed by atoms with Crippen LogP contribution in [0.2, 0.25) is 0 Å². The lowest BCUT2D eigenvalue weighted by atomic mass is 9.94. The molecule has 2 rings (SSSR count). The molecule has 5 nitrogen and oxygen atoms in total. The summed E-state index contributed by atoms with van der Waals surface area (Å²) in [7, 11) is 1.63. The Morgan fingerprint density at radius 1 is 1.33 bits per heavy atom. The summed E-state index contributed by atoms with van der Waals surface area (Å²) in [4.78, 5) is 25.0. The van der Waals surface area contributed by atoms with E-state index in [1.807, 2.05) is 12.1 Å². The normalized spacial score (nSPS) is 18.5. The van der Waals surface area contributed by atoms with Gasteiger partial charge in [-0.25, -0.2) is 0 Å². The van der Waals surface area contributed by atoms with Gasteiger partial charge in [0.25, 0.3) is 5.91 Å². The number of aliphatic carboxylic acids is 1. The second-order valence-corrected chi connectivity index (χ2v) is 5.49. The van der Waals surface area contributed by atoms with Crippen LogP contribution in [-0.4, -0.2) is 42.1 Å². The van der Waals surface area contributed by atoms with Gasteiger partial charge in [-0.1, -0.05) is 12.1 Å². The molecule has 0 spiro atoms. The van der Waals surface area contributed by atoms with Gasteiger partial charge in [-0.15, -0.1) is 0 Å². The number of hydrogen-bond donors (Lipinski definition) is 1. The van der Waals surface area contributed by atoms with Gasteiger partial charge in [0.2, 0.25) is 0 Å². The van der Waals surface area contributed by atoms with Crippen molar-refractivity contribution in [1.29, 1.82) is 0 Å². The molecule has 1 atom stereocenters. The summed E-state index contributed by atoms with van der Waals surface area (Å²) in [5, 5.41) is 8.87. The molecule has 1 unspecified atom stereocenters. The molecule has 1 saturated heterocycles. The molecule has 1 aromatic rings. The van der Waals surface area contributed by atoms with Crippen LogP contribution in [0.4, 0.5) is 0 Å². The number of carbonyl (C=O) groups is 2. The number of piperidine rings is 1. The Morgan fingerprint density at radius 2 is 2.05 bits per heavy atom. The molecule has 0 saturated carbocycles. The van der Waals surface area contributed by atoms with E-state index in [0.717, 1.165) is 18.4 Å². The predicted molar refractivity (Wildman–Crippen MR) is 78.0 cm³/mol. The molecule has 1 amide bonds. The van der Waals surface area contributed by atoms with E-state index in [2.05, 4.69) is 0 Å². The smallest absolute Gasteiger partial charge is 0.303 e. The van der Waals surface area contributed by atoms with Crippen molar-refractivity contribution in [3.63, 3.8) is 0 Å². The molecule has 0 bridgehead atoms. The number of carbonyl (C=O) groups excluding carboxylic acids is 1. The van der Waals surface area contributed by atoms with Gasteiger partial charge < -0.3 is 14.7 Å². The Morgan fingerprint density at radius 3 is 2.67 bits per heavy atom. The standard InChI is InChI=1S/C16H21NO4/c1-21-11-12-4-6-14(7-5-12)16(20)17-8-2-3-13(10-17)9-15(18)19/h4-7,13H,2-3,8-11H2,1H3,(H,18,19). The molecule has 0 aliphatic carbocycles. The zero-order valence-corrected chi connectivity index (χ0v) is 12.2. The van der Waals surface area contributed by atoms with Gasteiger partial charge in [-0.05, 0) is 36.5 Å². The number of benzene rings is 1. The lowest BCUT2D eigenvalue weighted by Gasteiger charge is -2.32. The van der Waals surface area contributed by atoms with Crippen LogP contribution in [0, 0.1) is 5.92 Å². The van der Waals surface area contributed by atoms with Crippen LogP contribution in [0.3, 0.4) is 0 Å². The molecule has 5 heteroatoms. The first-order valence-corrected chi connectivity index (χ1v) is 7.19. The van der Waals surface area contributed by atoms with Gasteiger partial charge in [0, 0.05) is 32.2 Å². The second kappa shape index (κ2) is 7.22. The maximum absolute atomic E-state index is 12.4. The van der Waals surface area contributed by atoms with Crippen molar-refractivity contribution in [2.45, 2.75) is 25.9 Å². The van der Waals surface area contributed by atoms with Gasteiger partial charge in [0.1, 0.15) is 0 Å². The van der Waals surface area contributed by atoms with Gasteiger partial charge in [-0.3, -0.25) is 9.59 Å². The SMILES string of the molecule is COCc1ccc(C(=O)N2CCCC(CC(=O)O)C2)cc1. The van der Waals surface area contributed by atoms with Crippen molar-refractivity contribution in [3.05, 3.63) is 35.4 Å². The van der Waals surface area contributed by atoms with E-state index in [9.17, 15) is 9.59 Å². The van der Waals surface area contributed by atoms with E-state index in [1.165, 1.54) is 0 Å². The number of likely N-dealkylation sites (tertiary alicyclic amines) is 1. The third-order valence-corrected chi connectivity index (χ3v) is 3.78. The average molecular weight is 291 g/mol. The molecule has 1 N–H and O–H groups in total. The van der Waals surface area contributed by atoms with Crippen molar-refractivity contribution in [1.82, 2.24) is 4.90 Å². The van der Waals surface area contributed by atoms with Gasteiger partial charge in [-0.2, -0.15) is 0 Å². The quantitative estimate of drug-likeness (QED) is 0.902. The Labute approximate surface area is 124 Å². The van der Waals surface area contributed by atoms with E-state index >= 15 is 0 Å². The van der Waals surface area contributed by atoms with Crippen molar-refractivity contribution in [3.8, 4) is 0 Å². The first-order chi connectivity index (χ1) is 10.1. The predicted octanol–water partition coefficient (Wildman–Crippen LogP) is 2.16. The summed E-state index contributed by atoms with van der Waals surface area (Å²) < 4.78 is 5.04. The van der Waals surface area contributed by atoms with Crippen molar-refractivity contribution in [2.24, 2.45) is 5.92 Å². The highest BCUT2D eigenvalue weighted by atomic mass is 16.5. The van der Waals surface area contributed by atoms with E-state index in [4.69, 9.17) is 9.84 Å². The molecule has 0 aromatic heterocycles. The van der Waals surface area contributed by atoms with Crippen LogP contribution in [0.1, 0.15) is 35.2 Å². The minimum atomic E-state index is -0.793. The zero-order valence-electron chi connectivity index (χ0n) is 12.2. The molecule has 21 heavy (non-hydrogen) atoms. The van der Waals surface area contributed by atoms with Gasteiger partial charge >= 0.3 is 5.97 Å². The van der Waals surface area contributed by atoms with Gasteiger partial charge in [0.15, 0.2) is 0 Å². The van der Waals surface area contributed by atoms with Crippen LogP contribution in [0.15, 0.2) is 24.3 Å². The summed E-state index contributed by atoms with van der Waals surface area (Å²) in [6.45, 7) is 1.76. The first kappa shape index (κ1) is 15.5. The van der Waals surface area contributed by atoms with E-state index < -0.39 is 5.97 Å². The maximum Gasteiger partial charge on any atom is 0.303 e. The van der Waals surface area contributed by atoms with E-state index in [-0.39, 0.29) is 18.2 Å². The number of ether oxygens (including phenoxy) is 1. The van der Waals surface area contributed by atoms with Crippen molar-refractivity contribution >= 4 is 11.9 Å². The number of methoxy groups -OCH3 is 1. The fraction of sp³-hybridized carbons (Fsp3) is 0.500. The fourth-order valence-electron chi connectivity index (χ4n) is 2.76. The average Bonchev–Trinajstić information content (AvgIpc) is 2.47. The van der Waals surface area contributed by atoms with Crippen LogP contribution < -0.4 is 0 Å². The maximum atomic E-state index is 12.4. The highest BCUT2D eigenvalue weighted by Crippen LogP contribution is 2.21. The molecule has 1 fully saturated rings. The summed E-state index contributed by atoms with van der Waals surface area (Å²) in [6, 6.07) is 7.37. The monoisotopic (exact) mass is 291 g/mol. The fourth-order valence-corrected chi connectivity index (χ4v) is 2.76. The third kappa shape index (κ3) is 4.29. The Bertz CT molecular complexity index is 498. The molecule has 114 valence electrons. The number of amides is 1. The third-order valence-electron chi connectivity index (χ3n) is 3.78. The van der Waals surface area contributed by atoms with Crippen molar-refractivity contribution in [2.75, 3.05) is 20.2 Å². The van der Waals surface area contributed by atoms with Gasteiger partial charge in [0.05, 0.1) is 6.61 Å². The minimum absolute atomic E-state index is 0.0194. The van der Waals surface area contributed by atoms with Crippen LogP contribution in [0.5, 0.6) is 0 Å². The highest BCUT2D eigenvalue weighted by molar-refractivity contribution is 5.94. The molecular weight excluding hydrogens is 270 g/mol. The molecule has 1 aliphatic heterocycles. The lowest BCUT2D eigenvalue weighted by molar-refractivity contribution is -0.138. The van der Waals surface area contributed by atoms with Crippen LogP contribution in [-0.2, 0) is 16.1 Å². The van der Waals surface area contributed by atoms with Crippen molar-refractivity contribution < 1.29 is 19.4 Å². The summed E-state index contributed by atoms with van der Waals surface area (Å²) in [6.07, 6.45) is 1.88. The zero-order chi connectivity index (χ0) is 15.2. The topological polar surface area (TPSA) is 66.8 Å². The Balaban J connectivity index is 1.99. The number of carboxylic acid groups (broad SMARTS) is 1. The summed E-state index contributed by atoms with van der Waals surface area (Å²) in [5.74, 6) is -0.750. The Hall–Kier alpha value is -1.88. The number of nitrogens with zero attached hydrogens (tertiary/aromatic N) is 1. The molecule has 1 heterocycles. The number of carboxylic acids is 1.